The van der Waals surface area contributed by atoms with Crippen LogP contribution < -0.4 is 16.2 Å². The lowest BCUT2D eigenvalue weighted by atomic mass is 10.3. The second-order valence-corrected chi connectivity index (χ2v) is 2.94. The second kappa shape index (κ2) is 4.11. The summed E-state index contributed by atoms with van der Waals surface area (Å²) in [6.07, 6.45) is -4.82. The molecular formula is C7H7ClF3N3O. The predicted octanol–water partition coefficient (Wildman–Crippen LogP) is 1.67. The number of nitrogen functional groups attached to an aromatic ring is 1. The molecule has 0 bridgehead atoms. The highest BCUT2D eigenvalue weighted by atomic mass is 35.5. The molecule has 0 amide bonds. The fourth-order valence-corrected chi connectivity index (χ4v) is 1.06. The number of ether oxygens (including phenoxy) is 1. The van der Waals surface area contributed by atoms with Crippen LogP contribution in [0.2, 0.25) is 5.02 Å². The molecule has 8 heteroatoms. The van der Waals surface area contributed by atoms with Gasteiger partial charge in [-0.25, -0.2) is 4.98 Å². The lowest BCUT2D eigenvalue weighted by Gasteiger charge is -2.10. The first-order chi connectivity index (χ1) is 6.83. The molecule has 0 atom stereocenters. The monoisotopic (exact) mass is 241 g/mol. The highest BCUT2D eigenvalue weighted by Gasteiger charge is 2.32. The fourth-order valence-electron chi connectivity index (χ4n) is 0.883. The third kappa shape index (κ3) is 3.14. The van der Waals surface area contributed by atoms with Crippen LogP contribution in [0.4, 0.5) is 18.9 Å². The minimum absolute atomic E-state index is 0.0343. The number of alkyl halides is 3. The largest absolute Gasteiger partial charge is 0.574 e. The van der Waals surface area contributed by atoms with Crippen molar-refractivity contribution in [3.05, 3.63) is 16.8 Å². The average Bonchev–Trinajstić information content (AvgIpc) is 2.08. The van der Waals surface area contributed by atoms with Crippen LogP contribution in [0.15, 0.2) is 6.07 Å². The Balaban J connectivity index is 3.06. The van der Waals surface area contributed by atoms with E-state index in [9.17, 15) is 13.2 Å². The van der Waals surface area contributed by atoms with Gasteiger partial charge in [0, 0.05) is 12.6 Å². The molecule has 0 radical (unpaired) electrons. The predicted molar refractivity (Wildman–Crippen MR) is 48.2 cm³/mol. The number of pyridine rings is 1. The molecule has 1 aromatic rings. The Morgan fingerprint density at radius 1 is 1.47 bits per heavy atom. The van der Waals surface area contributed by atoms with Crippen molar-refractivity contribution >= 4 is 17.3 Å². The van der Waals surface area contributed by atoms with Crippen LogP contribution in [0.1, 0.15) is 5.69 Å². The zero-order valence-corrected chi connectivity index (χ0v) is 8.06. The van der Waals surface area contributed by atoms with Gasteiger partial charge in [0.05, 0.1) is 16.4 Å². The lowest BCUT2D eigenvalue weighted by Crippen LogP contribution is -2.19. The first-order valence-electron chi connectivity index (χ1n) is 3.74. The van der Waals surface area contributed by atoms with Crippen LogP contribution in [-0.4, -0.2) is 11.3 Å². The standard InChI is InChI=1S/C7H7ClF3N3O/c8-6-3(13)1-5(14-4(6)2-12)15-7(9,10)11/h1H,2,12H2,(H2,13,14). The zero-order valence-electron chi connectivity index (χ0n) is 7.31. The second-order valence-electron chi connectivity index (χ2n) is 2.56. The van der Waals surface area contributed by atoms with Crippen LogP contribution in [0.25, 0.3) is 0 Å². The summed E-state index contributed by atoms with van der Waals surface area (Å²) in [7, 11) is 0. The number of nitrogens with zero attached hydrogens (tertiary/aromatic N) is 1. The number of nitrogens with two attached hydrogens (primary N) is 2. The molecule has 0 fully saturated rings. The van der Waals surface area contributed by atoms with E-state index in [1.54, 1.807) is 0 Å². The van der Waals surface area contributed by atoms with Crippen molar-refractivity contribution < 1.29 is 17.9 Å². The van der Waals surface area contributed by atoms with Crippen LogP contribution in [0.5, 0.6) is 5.88 Å². The maximum atomic E-state index is 11.8. The third-order valence-corrected chi connectivity index (χ3v) is 1.88. The van der Waals surface area contributed by atoms with Gasteiger partial charge in [-0.3, -0.25) is 0 Å². The van der Waals surface area contributed by atoms with Crippen molar-refractivity contribution in [2.24, 2.45) is 5.73 Å². The summed E-state index contributed by atoms with van der Waals surface area (Å²) in [6.45, 7) is -0.127. The van der Waals surface area contributed by atoms with Crippen LogP contribution in [0, 0.1) is 0 Å². The summed E-state index contributed by atoms with van der Waals surface area (Å²) in [5, 5.41) is 0.0343. The molecule has 84 valence electrons. The van der Waals surface area contributed by atoms with Gasteiger partial charge in [0.25, 0.3) is 0 Å². The van der Waals surface area contributed by atoms with E-state index in [-0.39, 0.29) is 22.9 Å². The number of hydrogen-bond acceptors (Lipinski definition) is 4. The first-order valence-corrected chi connectivity index (χ1v) is 4.12. The highest BCUT2D eigenvalue weighted by Crippen LogP contribution is 2.28. The molecule has 1 heterocycles. The van der Waals surface area contributed by atoms with Crippen LogP contribution >= 0.6 is 11.6 Å². The Kier molecular flexibility index (Phi) is 3.25. The van der Waals surface area contributed by atoms with E-state index in [4.69, 9.17) is 23.1 Å². The number of rotatable bonds is 2. The zero-order chi connectivity index (χ0) is 11.6. The van der Waals surface area contributed by atoms with Gasteiger partial charge in [0.2, 0.25) is 5.88 Å². The van der Waals surface area contributed by atoms with Crippen LogP contribution in [-0.2, 0) is 6.54 Å². The van der Waals surface area contributed by atoms with Crippen molar-refractivity contribution in [3.63, 3.8) is 0 Å². The van der Waals surface area contributed by atoms with Gasteiger partial charge in [-0.15, -0.1) is 13.2 Å². The van der Waals surface area contributed by atoms with Gasteiger partial charge in [-0.05, 0) is 0 Å². The van der Waals surface area contributed by atoms with Gasteiger partial charge in [0.1, 0.15) is 0 Å². The Morgan fingerprint density at radius 3 is 2.53 bits per heavy atom. The summed E-state index contributed by atoms with van der Waals surface area (Å²) in [5.74, 6) is -0.676. The van der Waals surface area contributed by atoms with Crippen molar-refractivity contribution in [1.82, 2.24) is 4.98 Å². The third-order valence-electron chi connectivity index (χ3n) is 1.44. The van der Waals surface area contributed by atoms with Gasteiger partial charge in [-0.2, -0.15) is 0 Å². The molecule has 0 saturated carbocycles. The lowest BCUT2D eigenvalue weighted by molar-refractivity contribution is -0.276. The quantitative estimate of drug-likeness (QED) is 0.826. The Morgan fingerprint density at radius 2 is 2.07 bits per heavy atom. The molecule has 4 N–H and O–H groups in total. The van der Waals surface area contributed by atoms with E-state index < -0.39 is 12.2 Å². The van der Waals surface area contributed by atoms with Crippen molar-refractivity contribution in [2.75, 3.05) is 5.73 Å². The number of anilines is 1. The SMILES string of the molecule is NCc1nc(OC(F)(F)F)cc(N)c1Cl. The maximum Gasteiger partial charge on any atom is 0.574 e. The molecule has 0 unspecified atom stereocenters. The molecule has 1 aromatic heterocycles. The van der Waals surface area contributed by atoms with E-state index in [2.05, 4.69) is 9.72 Å². The van der Waals surface area contributed by atoms with E-state index in [0.717, 1.165) is 6.07 Å². The summed E-state index contributed by atoms with van der Waals surface area (Å²) < 4.78 is 39.1. The molecular weight excluding hydrogens is 235 g/mol. The Bertz CT molecular complexity index is 369. The van der Waals surface area contributed by atoms with E-state index in [0.29, 0.717) is 0 Å². The number of aromatic nitrogens is 1. The van der Waals surface area contributed by atoms with Crippen LogP contribution in [0.3, 0.4) is 0 Å². The molecule has 0 spiro atoms. The smallest absolute Gasteiger partial charge is 0.397 e. The topological polar surface area (TPSA) is 74.2 Å². The molecule has 1 rings (SSSR count). The van der Waals surface area contributed by atoms with Crippen molar-refractivity contribution in [2.45, 2.75) is 12.9 Å². The Labute approximate surface area is 88.0 Å². The minimum atomic E-state index is -4.82. The Hall–Kier alpha value is -1.21. The first kappa shape index (κ1) is 11.9. The fraction of sp³-hybridized carbons (Fsp3) is 0.286. The van der Waals surface area contributed by atoms with Gasteiger partial charge < -0.3 is 16.2 Å². The highest BCUT2D eigenvalue weighted by molar-refractivity contribution is 6.33. The summed E-state index contributed by atoms with van der Waals surface area (Å²) in [4.78, 5) is 3.46. The molecule has 0 aromatic carbocycles. The number of hydrogen-bond donors (Lipinski definition) is 2. The summed E-state index contributed by atoms with van der Waals surface area (Å²) in [5.41, 5.74) is 10.5. The van der Waals surface area contributed by atoms with Crippen molar-refractivity contribution in [1.29, 1.82) is 0 Å². The molecule has 0 aliphatic rings. The molecule has 0 aliphatic carbocycles. The average molecular weight is 242 g/mol. The van der Waals surface area contributed by atoms with E-state index in [1.807, 2.05) is 0 Å². The normalized spacial score (nSPS) is 11.5. The van der Waals surface area contributed by atoms with E-state index >= 15 is 0 Å². The summed E-state index contributed by atoms with van der Waals surface area (Å²) in [6, 6.07) is 0.884. The minimum Gasteiger partial charge on any atom is -0.397 e. The number of halogens is 4. The molecule has 0 saturated heterocycles. The van der Waals surface area contributed by atoms with Crippen molar-refractivity contribution in [3.8, 4) is 5.88 Å². The molecule has 15 heavy (non-hydrogen) atoms. The van der Waals surface area contributed by atoms with Gasteiger partial charge >= 0.3 is 6.36 Å². The summed E-state index contributed by atoms with van der Waals surface area (Å²) >= 11 is 5.63. The molecule has 0 aliphatic heterocycles. The molecule has 4 nitrogen and oxygen atoms in total. The van der Waals surface area contributed by atoms with E-state index in [1.165, 1.54) is 0 Å². The van der Waals surface area contributed by atoms with Gasteiger partial charge in [0.15, 0.2) is 0 Å². The van der Waals surface area contributed by atoms with Gasteiger partial charge in [-0.1, -0.05) is 11.6 Å². The maximum absolute atomic E-state index is 11.8.